The number of fused-ring (bicyclic) bond motifs is 4. The fourth-order valence-electron chi connectivity index (χ4n) is 7.55. The van der Waals surface area contributed by atoms with Gasteiger partial charge in [-0.3, -0.25) is 23.9 Å². The summed E-state index contributed by atoms with van der Waals surface area (Å²) in [6.07, 6.45) is 1.51. The van der Waals surface area contributed by atoms with Gasteiger partial charge in [-0.1, -0.05) is 84.9 Å². The highest BCUT2D eigenvalue weighted by molar-refractivity contribution is 6.29. The van der Waals surface area contributed by atoms with E-state index in [1.54, 1.807) is 0 Å². The van der Waals surface area contributed by atoms with Gasteiger partial charge >= 0.3 is 0 Å². The lowest BCUT2D eigenvalue weighted by molar-refractivity contribution is 0.251. The number of aromatic nitrogens is 1. The Hall–Kier alpha value is -5.40. The molecule has 0 N–H and O–H groups in total. The van der Waals surface area contributed by atoms with Crippen molar-refractivity contribution in [2.45, 2.75) is 19.4 Å². The zero-order chi connectivity index (χ0) is 32.8. The monoisotopic (exact) mass is 635 g/mol. The molecule has 7 heteroatoms. The standard InChI is InChI=1S/C41H34FN3O3/c42-29-17-19-30(20-18-29)44-25-23-43(24-26-44)21-9-10-22-45-40(47)37-33(27-11-3-1-4-12-27)35-31-15-7-8-16-32(31)39(46)36(35)34(38(37)41(45)48)28-13-5-2-6-14-28/h1-8,11-20H,9-10,21-26H2. The van der Waals surface area contributed by atoms with Crippen LogP contribution >= 0.6 is 0 Å². The van der Waals surface area contributed by atoms with E-state index in [1.807, 2.05) is 97.1 Å². The SMILES string of the molecule is O=c1c2ccccc2c2c(-c3ccccc3)c3c(=O)n(CCCCN4CCN(c5ccc(F)cc5)CC4)c(=O)c3c(-c3ccccc3)c12. The van der Waals surface area contributed by atoms with Crippen LogP contribution < -0.4 is 21.4 Å². The third-order valence-electron chi connectivity index (χ3n) is 9.88. The first-order chi connectivity index (χ1) is 23.5. The van der Waals surface area contributed by atoms with Gasteiger partial charge in [-0.25, -0.2) is 4.39 Å². The molecule has 0 radical (unpaired) electrons. The van der Waals surface area contributed by atoms with E-state index in [9.17, 15) is 18.8 Å². The van der Waals surface area contributed by atoms with E-state index in [4.69, 9.17) is 0 Å². The van der Waals surface area contributed by atoms with Crippen molar-refractivity contribution in [1.29, 1.82) is 0 Å². The molecule has 6 aromatic carbocycles. The van der Waals surface area contributed by atoms with E-state index >= 15 is 0 Å². The Morgan fingerprint density at radius 1 is 0.521 bits per heavy atom. The lowest BCUT2D eigenvalue weighted by atomic mass is 9.89. The Balaban J connectivity index is 1.17. The van der Waals surface area contributed by atoms with Gasteiger partial charge in [0.2, 0.25) is 0 Å². The molecule has 0 aliphatic carbocycles. The Bertz CT molecular complexity index is 2420. The summed E-state index contributed by atoms with van der Waals surface area (Å²) in [5, 5.41) is 3.28. The molecule has 0 atom stereocenters. The van der Waals surface area contributed by atoms with Crippen LogP contribution in [0.1, 0.15) is 12.8 Å². The smallest absolute Gasteiger partial charge is 0.262 e. The van der Waals surface area contributed by atoms with Crippen LogP contribution in [0.25, 0.3) is 54.6 Å². The van der Waals surface area contributed by atoms with Crippen molar-refractivity contribution in [3.63, 3.8) is 0 Å². The molecule has 0 spiro atoms. The predicted octanol–water partition coefficient (Wildman–Crippen LogP) is 6.98. The van der Waals surface area contributed by atoms with Gasteiger partial charge < -0.3 is 4.90 Å². The van der Waals surface area contributed by atoms with Crippen LogP contribution in [-0.2, 0) is 6.54 Å². The van der Waals surface area contributed by atoms with Crippen LogP contribution in [-0.4, -0.2) is 42.2 Å². The van der Waals surface area contributed by atoms with Crippen molar-refractivity contribution in [3.05, 3.63) is 146 Å². The highest BCUT2D eigenvalue weighted by Crippen LogP contribution is 2.43. The molecule has 0 saturated carbocycles. The molecule has 1 fully saturated rings. The molecule has 1 saturated heterocycles. The van der Waals surface area contributed by atoms with E-state index < -0.39 is 0 Å². The normalized spacial score (nSPS) is 14.1. The van der Waals surface area contributed by atoms with E-state index in [2.05, 4.69) is 9.80 Å². The largest absolute Gasteiger partial charge is 0.369 e. The average Bonchev–Trinajstić information content (AvgIpc) is 3.56. The lowest BCUT2D eigenvalue weighted by Crippen LogP contribution is -2.46. The number of anilines is 1. The second-order valence-electron chi connectivity index (χ2n) is 12.6. The average molecular weight is 636 g/mol. The minimum absolute atomic E-state index is 0.127. The first-order valence-electron chi connectivity index (χ1n) is 16.6. The third kappa shape index (κ3) is 5.02. The first-order valence-corrected chi connectivity index (χ1v) is 16.6. The summed E-state index contributed by atoms with van der Waals surface area (Å²) in [5.41, 5.74) is 2.99. The first kappa shape index (κ1) is 30.0. The second-order valence-corrected chi connectivity index (χ2v) is 12.6. The molecule has 7 aromatic rings. The Kier molecular flexibility index (Phi) is 7.69. The van der Waals surface area contributed by atoms with Crippen molar-refractivity contribution < 1.29 is 4.39 Å². The quantitative estimate of drug-likeness (QED) is 0.169. The minimum Gasteiger partial charge on any atom is -0.369 e. The second kappa shape index (κ2) is 12.3. The summed E-state index contributed by atoms with van der Waals surface area (Å²) in [7, 11) is 0. The molecular formula is C41H34FN3O3. The molecule has 6 nitrogen and oxygen atoms in total. The maximum Gasteiger partial charge on any atom is 0.262 e. The molecule has 2 heterocycles. The Morgan fingerprint density at radius 2 is 1.04 bits per heavy atom. The van der Waals surface area contributed by atoms with Crippen molar-refractivity contribution in [2.75, 3.05) is 37.6 Å². The van der Waals surface area contributed by atoms with E-state index in [1.165, 1.54) is 16.7 Å². The third-order valence-corrected chi connectivity index (χ3v) is 9.88. The zero-order valence-corrected chi connectivity index (χ0v) is 26.5. The van der Waals surface area contributed by atoms with Gasteiger partial charge in [-0.2, -0.15) is 0 Å². The molecule has 48 heavy (non-hydrogen) atoms. The van der Waals surface area contributed by atoms with Crippen molar-refractivity contribution in [3.8, 4) is 22.3 Å². The number of piperazine rings is 1. The van der Waals surface area contributed by atoms with Gasteiger partial charge in [0.15, 0.2) is 5.43 Å². The van der Waals surface area contributed by atoms with Crippen molar-refractivity contribution >= 4 is 38.0 Å². The summed E-state index contributed by atoms with van der Waals surface area (Å²) < 4.78 is 14.7. The van der Waals surface area contributed by atoms with Gasteiger partial charge in [-0.05, 0) is 60.2 Å². The summed E-state index contributed by atoms with van der Waals surface area (Å²) in [6.45, 7) is 4.69. The number of unbranched alkanes of at least 4 members (excludes halogenated alkanes) is 1. The number of hydrogen-bond donors (Lipinski definition) is 0. The fourth-order valence-corrected chi connectivity index (χ4v) is 7.55. The van der Waals surface area contributed by atoms with Crippen molar-refractivity contribution in [2.24, 2.45) is 0 Å². The van der Waals surface area contributed by atoms with Crippen LogP contribution in [0, 0.1) is 5.82 Å². The fraction of sp³-hybridized carbons (Fsp3) is 0.195. The molecule has 0 unspecified atom stereocenters. The van der Waals surface area contributed by atoms with Crippen molar-refractivity contribution in [1.82, 2.24) is 9.47 Å². The Labute approximate surface area is 276 Å². The van der Waals surface area contributed by atoms with Crippen LogP contribution in [0.5, 0.6) is 0 Å². The summed E-state index contributed by atoms with van der Waals surface area (Å²) >= 11 is 0. The maximum atomic E-state index is 14.4. The predicted molar refractivity (Wildman–Crippen MR) is 193 cm³/mol. The minimum atomic E-state index is -0.342. The molecule has 238 valence electrons. The summed E-state index contributed by atoms with van der Waals surface area (Å²) in [5.74, 6) is -0.231. The summed E-state index contributed by atoms with van der Waals surface area (Å²) in [6, 6.07) is 33.3. The van der Waals surface area contributed by atoms with Crippen LogP contribution in [0.15, 0.2) is 124 Å². The topological polar surface area (TPSA) is 62.6 Å². The number of halogens is 1. The highest BCUT2D eigenvalue weighted by Gasteiger charge is 2.28. The molecule has 0 bridgehead atoms. The number of nitrogens with zero attached hydrogens (tertiary/aromatic N) is 3. The molecule has 8 rings (SSSR count). The Morgan fingerprint density at radius 3 is 1.65 bits per heavy atom. The molecular weight excluding hydrogens is 601 g/mol. The lowest BCUT2D eigenvalue weighted by Gasteiger charge is -2.36. The van der Waals surface area contributed by atoms with E-state index in [0.717, 1.165) is 66.7 Å². The maximum absolute atomic E-state index is 14.4. The van der Waals surface area contributed by atoms with Crippen LogP contribution in [0.3, 0.4) is 0 Å². The van der Waals surface area contributed by atoms with E-state index in [-0.39, 0.29) is 22.4 Å². The number of benzene rings is 5. The van der Waals surface area contributed by atoms with Crippen LogP contribution in [0.4, 0.5) is 10.1 Å². The molecule has 0 amide bonds. The van der Waals surface area contributed by atoms with Gasteiger partial charge in [0.25, 0.3) is 11.1 Å². The summed E-state index contributed by atoms with van der Waals surface area (Å²) in [4.78, 5) is 47.7. The van der Waals surface area contributed by atoms with E-state index in [0.29, 0.717) is 45.6 Å². The van der Waals surface area contributed by atoms with Crippen LogP contribution in [0.2, 0.25) is 0 Å². The molecule has 1 aliphatic heterocycles. The van der Waals surface area contributed by atoms with Gasteiger partial charge in [0, 0.05) is 65.7 Å². The molecule has 1 aromatic heterocycles. The number of rotatable bonds is 8. The van der Waals surface area contributed by atoms with Gasteiger partial charge in [0.1, 0.15) is 5.82 Å². The highest BCUT2D eigenvalue weighted by atomic mass is 19.1. The van der Waals surface area contributed by atoms with Gasteiger partial charge in [0.05, 0.1) is 10.8 Å². The molecule has 1 aliphatic rings. The number of hydrogen-bond acceptors (Lipinski definition) is 5. The van der Waals surface area contributed by atoms with Gasteiger partial charge in [-0.15, -0.1) is 0 Å². The zero-order valence-electron chi connectivity index (χ0n) is 26.5.